The number of carboxylic acid groups (broad SMARTS) is 2. The minimum atomic E-state index is -3.51. The number of hydrogen-bond acceptors (Lipinski definition) is 10. The summed E-state index contributed by atoms with van der Waals surface area (Å²) in [4.78, 5) is 32.0. The number of sulfone groups is 1. The van der Waals surface area contributed by atoms with E-state index in [2.05, 4.69) is 20.2 Å². The Morgan fingerprint density at radius 3 is 2.23 bits per heavy atom. The van der Waals surface area contributed by atoms with E-state index in [9.17, 15) is 28.2 Å². The van der Waals surface area contributed by atoms with Crippen molar-refractivity contribution in [3.63, 3.8) is 0 Å². The van der Waals surface area contributed by atoms with Crippen LogP contribution in [0.15, 0.2) is 58.0 Å². The van der Waals surface area contributed by atoms with Crippen molar-refractivity contribution in [3.05, 3.63) is 54.2 Å². The molecule has 0 radical (unpaired) electrons. The molecule has 39 heavy (non-hydrogen) atoms. The number of rotatable bonds is 7. The summed E-state index contributed by atoms with van der Waals surface area (Å²) in [7, 11) is -2.04. The number of hydrogen-bond donors (Lipinski definition) is 2. The molecule has 2 amide bonds. The van der Waals surface area contributed by atoms with Gasteiger partial charge in [-0.05, 0) is 50.6 Å². The summed E-state index contributed by atoms with van der Waals surface area (Å²) in [6.45, 7) is 5.01. The second-order valence-corrected chi connectivity index (χ2v) is 11.1. The van der Waals surface area contributed by atoms with Crippen molar-refractivity contribution < 1.29 is 37.4 Å². The zero-order valence-corrected chi connectivity index (χ0v) is 22.0. The van der Waals surface area contributed by atoms with Crippen molar-refractivity contribution in [2.75, 3.05) is 12.0 Å². The van der Waals surface area contributed by atoms with Crippen LogP contribution in [0.5, 0.6) is 5.75 Å². The van der Waals surface area contributed by atoms with Crippen LogP contribution in [-0.2, 0) is 9.84 Å². The summed E-state index contributed by atoms with van der Waals surface area (Å²) >= 11 is 0. The van der Waals surface area contributed by atoms with Gasteiger partial charge in [-0.15, -0.1) is 10.2 Å². The number of aromatic nitrogens is 4. The molecule has 2 heterocycles. The lowest BCUT2D eigenvalue weighted by Gasteiger charge is -2.15. The maximum Gasteiger partial charge on any atom is 0.422 e. The molecule has 2 aromatic heterocycles. The molecule has 0 spiro atoms. The van der Waals surface area contributed by atoms with Crippen molar-refractivity contribution in [2.45, 2.75) is 30.9 Å². The number of methoxy groups -OCH3 is 1. The fourth-order valence-electron chi connectivity index (χ4n) is 3.58. The van der Waals surface area contributed by atoms with E-state index < -0.39 is 33.1 Å². The maximum atomic E-state index is 12.5. The zero-order valence-electron chi connectivity index (χ0n) is 21.2. The highest BCUT2D eigenvalue weighted by Gasteiger charge is 2.31. The van der Waals surface area contributed by atoms with Gasteiger partial charge in [-0.1, -0.05) is 18.2 Å². The van der Waals surface area contributed by atoms with Gasteiger partial charge in [0.1, 0.15) is 5.75 Å². The lowest BCUT2D eigenvalue weighted by Crippen LogP contribution is -2.35. The molecular weight excluding hydrogens is 530 g/mol. The van der Waals surface area contributed by atoms with Gasteiger partial charge in [0.25, 0.3) is 11.8 Å². The number of benzene rings is 2. The Bertz CT molecular complexity index is 1650. The van der Waals surface area contributed by atoms with Crippen LogP contribution in [0.25, 0.3) is 34.3 Å². The van der Waals surface area contributed by atoms with Crippen molar-refractivity contribution in [1.82, 2.24) is 20.2 Å². The van der Waals surface area contributed by atoms with E-state index in [0.29, 0.717) is 16.9 Å². The van der Waals surface area contributed by atoms with Gasteiger partial charge in [0.05, 0.1) is 34.7 Å². The SMILES string of the molecule is COc1cc(C)ccc1-c1nnc(-c2nc(-c3ccc(S(=O)(=O)C(C)C)cc3)cnc2N(C(=O)O)C(=O)O)o1. The van der Waals surface area contributed by atoms with E-state index in [1.807, 2.05) is 6.92 Å². The Hall–Kier alpha value is -4.85. The smallest absolute Gasteiger partial charge is 0.422 e. The van der Waals surface area contributed by atoms with Crippen LogP contribution in [0.1, 0.15) is 19.4 Å². The third kappa shape index (κ3) is 5.27. The van der Waals surface area contributed by atoms with Crippen LogP contribution in [0.2, 0.25) is 0 Å². The average Bonchev–Trinajstić information content (AvgIpc) is 3.38. The standard InChI is InChI=1S/C25H23N5O8S/c1-13(2)39(35,36)16-8-6-15(7-9-16)18-12-26-21(30(24(31)32)25(33)34)20(27-18)23-29-28-22(38-23)17-10-5-14(3)11-19(17)37-4/h5-13H,1-4H3,(H,31,32)(H,33,34). The normalized spacial score (nSPS) is 11.4. The highest BCUT2D eigenvalue weighted by Crippen LogP contribution is 2.35. The molecule has 2 N–H and O–H groups in total. The second kappa shape index (κ2) is 10.5. The number of anilines is 1. The van der Waals surface area contributed by atoms with E-state index in [1.54, 1.807) is 32.0 Å². The van der Waals surface area contributed by atoms with Gasteiger partial charge in [-0.25, -0.2) is 28.0 Å². The fraction of sp³-hybridized carbons (Fsp3) is 0.200. The molecular formula is C25H23N5O8S. The Kier molecular flexibility index (Phi) is 7.31. The van der Waals surface area contributed by atoms with Gasteiger partial charge in [-0.2, -0.15) is 4.90 Å². The predicted octanol–water partition coefficient (Wildman–Crippen LogP) is 4.52. The molecule has 4 aromatic rings. The van der Waals surface area contributed by atoms with Crippen LogP contribution >= 0.6 is 0 Å². The average molecular weight is 554 g/mol. The minimum Gasteiger partial charge on any atom is -0.496 e. The molecule has 14 heteroatoms. The van der Waals surface area contributed by atoms with Crippen LogP contribution in [0.3, 0.4) is 0 Å². The third-order valence-electron chi connectivity index (χ3n) is 5.66. The Morgan fingerprint density at radius 1 is 1.00 bits per heavy atom. The van der Waals surface area contributed by atoms with Crippen molar-refractivity contribution in [3.8, 4) is 40.0 Å². The first-order valence-corrected chi connectivity index (χ1v) is 12.9. The lowest BCUT2D eigenvalue weighted by molar-refractivity contribution is 0.184. The molecule has 4 rings (SSSR count). The van der Waals surface area contributed by atoms with Gasteiger partial charge in [-0.3, -0.25) is 0 Å². The molecule has 0 saturated carbocycles. The number of ether oxygens (including phenoxy) is 1. The summed E-state index contributed by atoms with van der Waals surface area (Å²) in [5, 5.41) is 26.4. The maximum absolute atomic E-state index is 12.5. The van der Waals surface area contributed by atoms with Crippen molar-refractivity contribution >= 4 is 27.8 Å². The quantitative estimate of drug-likeness (QED) is 0.326. The van der Waals surface area contributed by atoms with E-state index in [1.165, 1.54) is 31.4 Å². The highest BCUT2D eigenvalue weighted by atomic mass is 32.2. The van der Waals surface area contributed by atoms with Crippen LogP contribution < -0.4 is 9.64 Å². The number of amides is 2. The molecule has 2 aromatic carbocycles. The number of imide groups is 1. The molecule has 0 fully saturated rings. The van der Waals surface area contributed by atoms with Gasteiger partial charge in [0.15, 0.2) is 21.3 Å². The molecule has 0 aliphatic heterocycles. The van der Waals surface area contributed by atoms with Gasteiger partial charge in [0.2, 0.25) is 0 Å². The third-order valence-corrected chi connectivity index (χ3v) is 7.83. The summed E-state index contributed by atoms with van der Waals surface area (Å²) in [5.74, 6) is -0.424. The van der Waals surface area contributed by atoms with E-state index in [0.717, 1.165) is 11.8 Å². The van der Waals surface area contributed by atoms with E-state index in [-0.39, 0.29) is 33.0 Å². The highest BCUT2D eigenvalue weighted by molar-refractivity contribution is 7.92. The largest absolute Gasteiger partial charge is 0.496 e. The summed E-state index contributed by atoms with van der Waals surface area (Å²) < 4.78 is 36.1. The molecule has 0 aliphatic carbocycles. The molecule has 0 bridgehead atoms. The number of nitrogens with zero attached hydrogens (tertiary/aromatic N) is 5. The van der Waals surface area contributed by atoms with Gasteiger partial charge >= 0.3 is 12.2 Å². The van der Waals surface area contributed by atoms with Crippen molar-refractivity contribution in [1.29, 1.82) is 0 Å². The monoisotopic (exact) mass is 553 g/mol. The van der Waals surface area contributed by atoms with Gasteiger partial charge in [0, 0.05) is 5.56 Å². The van der Waals surface area contributed by atoms with Crippen LogP contribution in [0.4, 0.5) is 15.4 Å². The minimum absolute atomic E-state index is 0.0143. The van der Waals surface area contributed by atoms with Crippen LogP contribution in [0, 0.1) is 6.92 Å². The summed E-state index contributed by atoms with van der Waals surface area (Å²) in [5.41, 5.74) is 1.64. The lowest BCUT2D eigenvalue weighted by atomic mass is 10.1. The zero-order chi connectivity index (χ0) is 28.5. The molecule has 0 unspecified atom stereocenters. The fourth-order valence-corrected chi connectivity index (χ4v) is 4.64. The Morgan fingerprint density at radius 2 is 1.64 bits per heavy atom. The molecule has 13 nitrogen and oxygen atoms in total. The first-order valence-electron chi connectivity index (χ1n) is 11.4. The first kappa shape index (κ1) is 27.2. The Balaban J connectivity index is 1.85. The molecule has 0 atom stereocenters. The number of carbonyl (C=O) groups is 2. The molecule has 202 valence electrons. The summed E-state index contributed by atoms with van der Waals surface area (Å²) in [6.07, 6.45) is -2.49. The second-order valence-electron chi connectivity index (χ2n) is 8.56. The number of aryl methyl sites for hydroxylation is 1. The van der Waals surface area contributed by atoms with Crippen LogP contribution in [-0.4, -0.2) is 63.3 Å². The summed E-state index contributed by atoms with van der Waals surface area (Å²) in [6, 6.07) is 11.1. The molecule has 0 aliphatic rings. The predicted molar refractivity (Wildman–Crippen MR) is 138 cm³/mol. The molecule has 0 saturated heterocycles. The topological polar surface area (TPSA) is 186 Å². The Labute approximate surface area is 222 Å². The van der Waals surface area contributed by atoms with E-state index in [4.69, 9.17) is 9.15 Å². The van der Waals surface area contributed by atoms with Gasteiger partial charge < -0.3 is 19.4 Å². The van der Waals surface area contributed by atoms with E-state index >= 15 is 0 Å². The first-order chi connectivity index (χ1) is 18.4. The van der Waals surface area contributed by atoms with Crippen molar-refractivity contribution in [2.24, 2.45) is 0 Å².